The number of carbonyl (C=O) groups excluding carboxylic acids is 2. The zero-order chi connectivity index (χ0) is 24.8. The van der Waals surface area contributed by atoms with Crippen molar-refractivity contribution in [3.05, 3.63) is 53.4 Å². The van der Waals surface area contributed by atoms with Crippen LogP contribution in [0.1, 0.15) is 36.3 Å². The second-order valence-electron chi connectivity index (χ2n) is 8.26. The van der Waals surface area contributed by atoms with Crippen molar-refractivity contribution in [1.82, 2.24) is 9.55 Å². The Morgan fingerprint density at radius 1 is 1.12 bits per heavy atom. The van der Waals surface area contributed by atoms with E-state index in [0.29, 0.717) is 34.7 Å². The highest BCUT2D eigenvalue weighted by Crippen LogP contribution is 2.33. The maximum atomic E-state index is 13.5. The Morgan fingerprint density at radius 3 is 2.44 bits per heavy atom. The van der Waals surface area contributed by atoms with Crippen molar-refractivity contribution < 1.29 is 27.8 Å². The number of nitrogens with zero attached hydrogens (tertiary/aromatic N) is 2. The van der Waals surface area contributed by atoms with E-state index in [1.165, 1.54) is 26.4 Å². The Morgan fingerprint density at radius 2 is 1.82 bits per heavy atom. The van der Waals surface area contributed by atoms with Crippen LogP contribution in [0.25, 0.3) is 11.0 Å². The number of hydrogen-bond acceptors (Lipinski definition) is 6. The first-order valence-corrected chi connectivity index (χ1v) is 10.8. The summed E-state index contributed by atoms with van der Waals surface area (Å²) in [5.74, 6) is -2.03. The van der Waals surface area contributed by atoms with Gasteiger partial charge in [-0.25, -0.2) is 18.6 Å². The predicted octanol–water partition coefficient (Wildman–Crippen LogP) is 4.34. The summed E-state index contributed by atoms with van der Waals surface area (Å²) in [6, 6.07) is 4.99. The normalized spacial score (nSPS) is 11.1. The molecule has 3 rings (SSSR count). The molecule has 182 valence electrons. The monoisotopic (exact) mass is 474 g/mol. The third-order valence-corrected chi connectivity index (χ3v) is 5.17. The first kappa shape index (κ1) is 25.1. The molecular formula is C24H28F2N4O4. The number of carbonyl (C=O) groups is 2. The summed E-state index contributed by atoms with van der Waals surface area (Å²) in [4.78, 5) is 29.6. The number of fused-ring (bicyclic) bond motifs is 1. The van der Waals surface area contributed by atoms with Crippen LogP contribution < -0.4 is 10.6 Å². The number of methoxy groups -OCH3 is 2. The quantitative estimate of drug-likeness (QED) is 0.425. The van der Waals surface area contributed by atoms with E-state index in [2.05, 4.69) is 29.5 Å². The average molecular weight is 475 g/mol. The number of aryl methyl sites for hydroxylation is 1. The molecule has 0 unspecified atom stereocenters. The van der Waals surface area contributed by atoms with E-state index in [4.69, 9.17) is 9.47 Å². The number of pyridine rings is 1. The van der Waals surface area contributed by atoms with Gasteiger partial charge in [0.2, 0.25) is 5.91 Å². The fourth-order valence-electron chi connectivity index (χ4n) is 3.59. The second-order valence-corrected chi connectivity index (χ2v) is 8.26. The van der Waals surface area contributed by atoms with Crippen LogP contribution in [0.5, 0.6) is 0 Å². The van der Waals surface area contributed by atoms with Gasteiger partial charge in [-0.1, -0.05) is 13.8 Å². The van der Waals surface area contributed by atoms with Crippen LogP contribution in [-0.4, -0.2) is 42.3 Å². The van der Waals surface area contributed by atoms with Gasteiger partial charge in [0.25, 0.3) is 0 Å². The third-order valence-electron chi connectivity index (χ3n) is 5.17. The molecule has 10 heteroatoms. The summed E-state index contributed by atoms with van der Waals surface area (Å²) in [6.45, 7) is 4.56. The third kappa shape index (κ3) is 5.88. The van der Waals surface area contributed by atoms with Crippen molar-refractivity contribution in [2.45, 2.75) is 33.4 Å². The summed E-state index contributed by atoms with van der Waals surface area (Å²) in [5, 5.41) is 6.34. The van der Waals surface area contributed by atoms with Gasteiger partial charge < -0.3 is 24.7 Å². The van der Waals surface area contributed by atoms with Crippen molar-refractivity contribution in [1.29, 1.82) is 0 Å². The molecule has 0 spiro atoms. The van der Waals surface area contributed by atoms with Crippen LogP contribution in [0, 0.1) is 17.6 Å². The van der Waals surface area contributed by atoms with E-state index < -0.39 is 23.5 Å². The molecule has 3 aromatic rings. The van der Waals surface area contributed by atoms with Crippen LogP contribution in [0.4, 0.5) is 20.2 Å². The Kier molecular flexibility index (Phi) is 8.17. The lowest BCUT2D eigenvalue weighted by atomic mass is 10.1. The summed E-state index contributed by atoms with van der Waals surface area (Å²) in [7, 11) is 2.66. The summed E-state index contributed by atoms with van der Waals surface area (Å²) in [6.07, 6.45) is 2.33. The molecule has 0 aliphatic heterocycles. The number of nitrogens with one attached hydrogen (secondary N) is 2. The predicted molar refractivity (Wildman–Crippen MR) is 125 cm³/mol. The molecule has 0 saturated carbocycles. The highest BCUT2D eigenvalue weighted by Gasteiger charge is 2.26. The zero-order valence-corrected chi connectivity index (χ0v) is 19.6. The lowest BCUT2D eigenvalue weighted by Gasteiger charge is -2.12. The smallest absolute Gasteiger partial charge is 0.356 e. The van der Waals surface area contributed by atoms with Gasteiger partial charge in [0.1, 0.15) is 23.9 Å². The van der Waals surface area contributed by atoms with E-state index in [1.807, 2.05) is 0 Å². The van der Waals surface area contributed by atoms with Gasteiger partial charge in [0.05, 0.1) is 24.7 Å². The number of aromatic nitrogens is 2. The van der Waals surface area contributed by atoms with Crippen LogP contribution in [0.3, 0.4) is 0 Å². The molecule has 2 heterocycles. The van der Waals surface area contributed by atoms with E-state index in [0.717, 1.165) is 12.5 Å². The molecule has 2 N–H and O–H groups in total. The van der Waals surface area contributed by atoms with Crippen molar-refractivity contribution in [2.75, 3.05) is 31.5 Å². The number of anilines is 2. The topological polar surface area (TPSA) is 94.5 Å². The van der Waals surface area contributed by atoms with Gasteiger partial charge in [-0.3, -0.25) is 4.79 Å². The number of hydrogen-bond donors (Lipinski definition) is 2. The minimum absolute atomic E-state index is 0.144. The molecule has 0 fully saturated rings. The number of amides is 1. The van der Waals surface area contributed by atoms with Crippen LogP contribution in [0.2, 0.25) is 0 Å². The zero-order valence-electron chi connectivity index (χ0n) is 19.6. The van der Waals surface area contributed by atoms with Gasteiger partial charge in [-0.05, 0) is 36.1 Å². The number of halogens is 2. The van der Waals surface area contributed by atoms with Crippen molar-refractivity contribution in [3.63, 3.8) is 0 Å². The van der Waals surface area contributed by atoms with Gasteiger partial charge in [-0.2, -0.15) is 0 Å². The molecule has 0 bridgehead atoms. The minimum atomic E-state index is -0.668. The molecule has 8 nitrogen and oxygen atoms in total. The first-order chi connectivity index (χ1) is 16.2. The lowest BCUT2D eigenvalue weighted by molar-refractivity contribution is -0.119. The summed E-state index contributed by atoms with van der Waals surface area (Å²) >= 11 is 0. The number of esters is 1. The van der Waals surface area contributed by atoms with Crippen molar-refractivity contribution >= 4 is 34.3 Å². The van der Waals surface area contributed by atoms with Gasteiger partial charge in [-0.15, -0.1) is 0 Å². The molecule has 0 radical (unpaired) electrons. The Balaban J connectivity index is 2.06. The van der Waals surface area contributed by atoms with E-state index in [9.17, 15) is 18.4 Å². The molecule has 34 heavy (non-hydrogen) atoms. The van der Waals surface area contributed by atoms with Crippen molar-refractivity contribution in [3.8, 4) is 0 Å². The van der Waals surface area contributed by atoms with Gasteiger partial charge in [0, 0.05) is 31.7 Å². The number of ether oxygens (including phenoxy) is 2. The fourth-order valence-corrected chi connectivity index (χ4v) is 3.59. The highest BCUT2D eigenvalue weighted by molar-refractivity contribution is 6.11. The van der Waals surface area contributed by atoms with Crippen LogP contribution >= 0.6 is 0 Å². The molecule has 0 aliphatic rings. The fraction of sp³-hybridized carbons (Fsp3) is 0.375. The van der Waals surface area contributed by atoms with Crippen molar-refractivity contribution in [2.24, 2.45) is 5.92 Å². The Bertz CT molecular complexity index is 1170. The highest BCUT2D eigenvalue weighted by atomic mass is 19.1. The summed E-state index contributed by atoms with van der Waals surface area (Å²) in [5.41, 5.74) is 1.89. The standard InChI is InChI=1S/C24H28F2N4O4/c1-14(2)5-6-30-22(24(32)34-4)21(29-20(31)13-33-3)19-10-18(12-28-23(19)30)27-11-15-7-16(25)9-17(26)8-15/h7-10,12,14,27H,5-6,11,13H2,1-4H3,(H,29,31). The summed E-state index contributed by atoms with van der Waals surface area (Å²) < 4.78 is 38.7. The molecule has 0 aliphatic carbocycles. The molecule has 0 atom stereocenters. The molecule has 0 saturated heterocycles. The van der Waals surface area contributed by atoms with Gasteiger partial charge in [0.15, 0.2) is 5.69 Å². The molecular weight excluding hydrogens is 446 g/mol. The maximum Gasteiger partial charge on any atom is 0.356 e. The van der Waals surface area contributed by atoms with E-state index >= 15 is 0 Å². The largest absolute Gasteiger partial charge is 0.464 e. The Hall–Kier alpha value is -3.53. The maximum absolute atomic E-state index is 13.5. The van der Waals surface area contributed by atoms with Crippen LogP contribution in [0.15, 0.2) is 30.5 Å². The molecule has 1 amide bonds. The average Bonchev–Trinajstić information content (AvgIpc) is 3.07. The van der Waals surface area contributed by atoms with E-state index in [1.54, 1.807) is 16.8 Å². The molecule has 2 aromatic heterocycles. The Labute approximate surface area is 196 Å². The number of benzene rings is 1. The van der Waals surface area contributed by atoms with E-state index in [-0.39, 0.29) is 24.5 Å². The lowest BCUT2D eigenvalue weighted by Crippen LogP contribution is -2.20. The van der Waals surface area contributed by atoms with Gasteiger partial charge >= 0.3 is 5.97 Å². The SMILES string of the molecule is COCC(=O)Nc1c(C(=O)OC)n(CCC(C)C)c2ncc(NCc3cc(F)cc(F)c3)cc12. The number of rotatable bonds is 10. The first-order valence-electron chi connectivity index (χ1n) is 10.8. The second kappa shape index (κ2) is 11.1. The molecule has 1 aromatic carbocycles. The van der Waals surface area contributed by atoms with Crippen LogP contribution in [-0.2, 0) is 27.4 Å². The minimum Gasteiger partial charge on any atom is -0.464 e.